The maximum atomic E-state index is 12.4. The number of amides is 1. The number of carbonyl (C=O) groups is 1. The van der Waals surface area contributed by atoms with Gasteiger partial charge in [-0.3, -0.25) is 9.10 Å². The molecule has 0 unspecified atom stereocenters. The zero-order valence-electron chi connectivity index (χ0n) is 16.5. The van der Waals surface area contributed by atoms with Crippen LogP contribution in [0.15, 0.2) is 54.6 Å². The minimum absolute atomic E-state index is 0.0921. The number of nitrogens with one attached hydrogen (secondary N) is 1. The van der Waals surface area contributed by atoms with Crippen molar-refractivity contribution in [1.29, 1.82) is 0 Å². The Balaban J connectivity index is 1.91. The lowest BCUT2D eigenvalue weighted by atomic mass is 9.94. The number of hydrogen-bond acceptors (Lipinski definition) is 3. The molecule has 1 N–H and O–H groups in total. The highest BCUT2D eigenvalue weighted by Gasteiger charge is 2.22. The molecule has 2 aromatic carbocycles. The average molecular weight is 423 g/mol. The second-order valence-corrected chi connectivity index (χ2v) is 9.85. The summed E-state index contributed by atoms with van der Waals surface area (Å²) in [4.78, 5) is 12.4. The summed E-state index contributed by atoms with van der Waals surface area (Å²) in [7, 11) is -3.45. The van der Waals surface area contributed by atoms with Crippen molar-refractivity contribution in [3.05, 3.63) is 65.2 Å². The first-order valence-electron chi connectivity index (χ1n) is 9.15. The summed E-state index contributed by atoms with van der Waals surface area (Å²) in [6, 6.07) is 16.6. The topological polar surface area (TPSA) is 66.5 Å². The van der Waals surface area contributed by atoms with Crippen LogP contribution in [0.5, 0.6) is 0 Å². The summed E-state index contributed by atoms with van der Waals surface area (Å²) in [5, 5.41) is 3.58. The molecule has 0 spiro atoms. The fraction of sp³-hybridized carbons (Fsp3) is 0.381. The van der Waals surface area contributed by atoms with Crippen molar-refractivity contribution in [2.24, 2.45) is 0 Å². The minimum Gasteiger partial charge on any atom is -0.351 e. The number of nitrogens with zero attached hydrogens (tertiary/aromatic N) is 1. The second-order valence-electron chi connectivity index (χ2n) is 7.51. The Morgan fingerprint density at radius 2 is 1.68 bits per heavy atom. The number of benzene rings is 2. The lowest BCUT2D eigenvalue weighted by Crippen LogP contribution is -2.45. The summed E-state index contributed by atoms with van der Waals surface area (Å²) in [5.74, 6) is -0.0921. The Morgan fingerprint density at radius 1 is 1.07 bits per heavy atom. The molecule has 0 radical (unpaired) electrons. The summed E-state index contributed by atoms with van der Waals surface area (Å²) in [5.41, 5.74) is 1.31. The SMILES string of the molecule is CC(C)(Cc1ccccc1)NC(=O)CCCN(c1ccc(Cl)cc1)S(C)(=O)=O. The van der Waals surface area contributed by atoms with Crippen LogP contribution in [-0.4, -0.2) is 32.7 Å². The van der Waals surface area contributed by atoms with Gasteiger partial charge in [0.25, 0.3) is 0 Å². The van der Waals surface area contributed by atoms with Gasteiger partial charge in [0, 0.05) is 23.5 Å². The van der Waals surface area contributed by atoms with Crippen molar-refractivity contribution in [3.63, 3.8) is 0 Å². The highest BCUT2D eigenvalue weighted by Crippen LogP contribution is 2.21. The lowest BCUT2D eigenvalue weighted by molar-refractivity contribution is -0.122. The Hall–Kier alpha value is -2.05. The van der Waals surface area contributed by atoms with Crippen molar-refractivity contribution in [2.45, 2.75) is 38.6 Å². The maximum absolute atomic E-state index is 12.4. The monoisotopic (exact) mass is 422 g/mol. The lowest BCUT2D eigenvalue weighted by Gasteiger charge is -2.27. The van der Waals surface area contributed by atoms with Gasteiger partial charge in [-0.15, -0.1) is 0 Å². The van der Waals surface area contributed by atoms with E-state index in [9.17, 15) is 13.2 Å². The first-order chi connectivity index (χ1) is 13.1. The Morgan fingerprint density at radius 3 is 2.25 bits per heavy atom. The molecule has 0 saturated heterocycles. The largest absolute Gasteiger partial charge is 0.351 e. The van der Waals surface area contributed by atoms with Crippen LogP contribution in [0.3, 0.4) is 0 Å². The number of sulfonamides is 1. The number of rotatable bonds is 9. The van der Waals surface area contributed by atoms with E-state index < -0.39 is 10.0 Å². The summed E-state index contributed by atoms with van der Waals surface area (Å²) in [6.07, 6.45) is 2.55. The highest BCUT2D eigenvalue weighted by molar-refractivity contribution is 7.92. The van der Waals surface area contributed by atoms with E-state index in [0.717, 1.165) is 18.2 Å². The van der Waals surface area contributed by atoms with Gasteiger partial charge >= 0.3 is 0 Å². The number of carbonyl (C=O) groups excluding carboxylic acids is 1. The predicted octanol–water partition coefficient (Wildman–Crippen LogP) is 4.02. The summed E-state index contributed by atoms with van der Waals surface area (Å²) < 4.78 is 25.5. The van der Waals surface area contributed by atoms with E-state index in [2.05, 4.69) is 5.32 Å². The van der Waals surface area contributed by atoms with E-state index in [1.54, 1.807) is 24.3 Å². The number of halogens is 1. The molecule has 0 saturated carbocycles. The smallest absolute Gasteiger partial charge is 0.232 e. The molecule has 1 amide bonds. The van der Waals surface area contributed by atoms with Crippen LogP contribution in [0.1, 0.15) is 32.3 Å². The van der Waals surface area contributed by atoms with Crippen LogP contribution in [0.2, 0.25) is 5.02 Å². The number of anilines is 1. The molecule has 5 nitrogen and oxygen atoms in total. The van der Waals surface area contributed by atoms with Crippen LogP contribution < -0.4 is 9.62 Å². The van der Waals surface area contributed by atoms with Crippen LogP contribution >= 0.6 is 11.6 Å². The third-order valence-electron chi connectivity index (χ3n) is 4.25. The Kier molecular flexibility index (Phi) is 7.49. The van der Waals surface area contributed by atoms with Gasteiger partial charge in [-0.25, -0.2) is 8.42 Å². The molecular weight excluding hydrogens is 396 g/mol. The van der Waals surface area contributed by atoms with Crippen LogP contribution in [-0.2, 0) is 21.2 Å². The van der Waals surface area contributed by atoms with Gasteiger partial charge in [0.15, 0.2) is 0 Å². The van der Waals surface area contributed by atoms with Gasteiger partial charge in [0.05, 0.1) is 11.9 Å². The maximum Gasteiger partial charge on any atom is 0.232 e. The molecule has 2 aromatic rings. The molecule has 0 bridgehead atoms. The van der Waals surface area contributed by atoms with E-state index >= 15 is 0 Å². The molecular formula is C21H27ClN2O3S. The first kappa shape index (κ1) is 22.2. The molecule has 2 rings (SSSR count). The average Bonchev–Trinajstić information content (AvgIpc) is 2.59. The van der Waals surface area contributed by atoms with Gasteiger partial charge in [0.1, 0.15) is 0 Å². The van der Waals surface area contributed by atoms with Crippen molar-refractivity contribution in [1.82, 2.24) is 5.32 Å². The molecule has 28 heavy (non-hydrogen) atoms. The quantitative estimate of drug-likeness (QED) is 0.663. The van der Waals surface area contributed by atoms with Gasteiger partial charge in [0.2, 0.25) is 15.9 Å². The van der Waals surface area contributed by atoms with Crippen molar-refractivity contribution in [2.75, 3.05) is 17.1 Å². The molecule has 152 valence electrons. The van der Waals surface area contributed by atoms with Crippen molar-refractivity contribution in [3.8, 4) is 0 Å². The van der Waals surface area contributed by atoms with E-state index in [-0.39, 0.29) is 24.4 Å². The Bertz CT molecular complexity index is 882. The van der Waals surface area contributed by atoms with Crippen LogP contribution in [0.4, 0.5) is 5.69 Å². The molecule has 7 heteroatoms. The van der Waals surface area contributed by atoms with E-state index in [1.807, 2.05) is 44.2 Å². The van der Waals surface area contributed by atoms with Gasteiger partial charge in [-0.1, -0.05) is 41.9 Å². The minimum atomic E-state index is -3.45. The highest BCUT2D eigenvalue weighted by atomic mass is 35.5. The van der Waals surface area contributed by atoms with E-state index in [4.69, 9.17) is 11.6 Å². The third-order valence-corrected chi connectivity index (χ3v) is 5.69. The Labute approximate surface area is 172 Å². The standard InChI is InChI=1S/C21H27ClN2O3S/c1-21(2,16-17-8-5-4-6-9-17)23-20(25)10-7-15-24(28(3,26)27)19-13-11-18(22)12-14-19/h4-6,8-9,11-14H,7,10,15-16H2,1-3H3,(H,23,25). The molecule has 0 aliphatic carbocycles. The normalized spacial score (nSPS) is 11.9. The number of hydrogen-bond donors (Lipinski definition) is 1. The van der Waals surface area contributed by atoms with Crippen LogP contribution in [0, 0.1) is 0 Å². The van der Waals surface area contributed by atoms with Gasteiger partial charge in [-0.05, 0) is 56.5 Å². The molecule has 0 aliphatic heterocycles. The zero-order valence-corrected chi connectivity index (χ0v) is 18.1. The fourth-order valence-corrected chi connectivity index (χ4v) is 4.16. The summed E-state index contributed by atoms with van der Waals surface area (Å²) >= 11 is 5.88. The van der Waals surface area contributed by atoms with E-state index in [0.29, 0.717) is 17.1 Å². The molecule has 0 aliphatic rings. The van der Waals surface area contributed by atoms with Gasteiger partial charge < -0.3 is 5.32 Å². The van der Waals surface area contributed by atoms with E-state index in [1.165, 1.54) is 4.31 Å². The zero-order chi connectivity index (χ0) is 20.8. The predicted molar refractivity (Wildman–Crippen MR) is 115 cm³/mol. The molecule has 0 heterocycles. The van der Waals surface area contributed by atoms with Crippen LogP contribution in [0.25, 0.3) is 0 Å². The van der Waals surface area contributed by atoms with Crippen molar-refractivity contribution < 1.29 is 13.2 Å². The molecule has 0 aromatic heterocycles. The summed E-state index contributed by atoms with van der Waals surface area (Å²) in [6.45, 7) is 4.19. The molecule has 0 atom stereocenters. The third kappa shape index (κ3) is 7.17. The fourth-order valence-electron chi connectivity index (χ4n) is 3.07. The van der Waals surface area contributed by atoms with Crippen molar-refractivity contribution >= 4 is 33.2 Å². The first-order valence-corrected chi connectivity index (χ1v) is 11.4. The van der Waals surface area contributed by atoms with Gasteiger partial charge in [-0.2, -0.15) is 0 Å². The second kappa shape index (κ2) is 9.43. The molecule has 0 fully saturated rings.